The first-order chi connectivity index (χ1) is 11.2. The van der Waals surface area contributed by atoms with Crippen LogP contribution in [0.25, 0.3) is 0 Å². The quantitative estimate of drug-likeness (QED) is 0.769. The van der Waals surface area contributed by atoms with Gasteiger partial charge in [0.25, 0.3) is 0 Å². The minimum Gasteiger partial charge on any atom is -0.354 e. The summed E-state index contributed by atoms with van der Waals surface area (Å²) in [6.45, 7) is 0.574. The molecule has 1 fully saturated rings. The molecule has 1 saturated carbocycles. The van der Waals surface area contributed by atoms with Crippen LogP contribution in [0.15, 0.2) is 30.6 Å². The molecular weight excluding hydrogens is 296 g/mol. The Bertz CT molecular complexity index is 680. The van der Waals surface area contributed by atoms with E-state index in [4.69, 9.17) is 0 Å². The van der Waals surface area contributed by atoms with Crippen molar-refractivity contribution in [3.63, 3.8) is 0 Å². The molecule has 0 radical (unpaired) electrons. The van der Waals surface area contributed by atoms with E-state index in [0.717, 1.165) is 18.5 Å². The van der Waals surface area contributed by atoms with E-state index in [1.54, 1.807) is 12.4 Å². The molecule has 0 saturated heterocycles. The van der Waals surface area contributed by atoms with E-state index in [0.29, 0.717) is 18.8 Å². The molecule has 0 bridgehead atoms. The Morgan fingerprint density at radius 3 is 2.91 bits per heavy atom. The van der Waals surface area contributed by atoms with E-state index in [-0.39, 0.29) is 24.3 Å². The number of carbonyl (C=O) groups is 2. The van der Waals surface area contributed by atoms with Crippen molar-refractivity contribution >= 4 is 17.6 Å². The summed E-state index contributed by atoms with van der Waals surface area (Å²) in [5, 5.41) is 13.2. The third-order valence-corrected chi connectivity index (χ3v) is 3.47. The Morgan fingerprint density at radius 2 is 2.17 bits per heavy atom. The minimum absolute atomic E-state index is 0.0307. The van der Waals surface area contributed by atoms with Crippen molar-refractivity contribution in [2.45, 2.75) is 25.8 Å². The second-order valence-corrected chi connectivity index (χ2v) is 5.49. The fourth-order valence-corrected chi connectivity index (χ4v) is 2.09. The Kier molecular flexibility index (Phi) is 4.60. The second-order valence-electron chi connectivity index (χ2n) is 5.49. The van der Waals surface area contributed by atoms with Crippen molar-refractivity contribution in [3.05, 3.63) is 36.3 Å². The molecule has 2 N–H and O–H groups in total. The normalized spacial score (nSPS) is 13.6. The van der Waals surface area contributed by atoms with Crippen LogP contribution in [0.1, 0.15) is 18.5 Å². The number of carbonyl (C=O) groups excluding carboxylic acids is 2. The molecule has 0 atom stereocenters. The molecule has 23 heavy (non-hydrogen) atoms. The molecule has 8 nitrogen and oxygen atoms in total. The summed E-state index contributed by atoms with van der Waals surface area (Å²) in [6.07, 6.45) is 5.81. The van der Waals surface area contributed by atoms with Gasteiger partial charge in [-0.25, -0.2) is 4.68 Å². The number of nitrogens with one attached hydrogen (secondary N) is 2. The van der Waals surface area contributed by atoms with Crippen molar-refractivity contribution in [1.29, 1.82) is 0 Å². The monoisotopic (exact) mass is 314 g/mol. The number of aromatic nitrogens is 4. The number of anilines is 1. The van der Waals surface area contributed by atoms with Crippen LogP contribution in [0, 0.1) is 5.92 Å². The van der Waals surface area contributed by atoms with Crippen LogP contribution in [0.2, 0.25) is 0 Å². The molecule has 0 unspecified atom stereocenters. The molecule has 2 heterocycles. The van der Waals surface area contributed by atoms with Crippen LogP contribution >= 0.6 is 0 Å². The van der Waals surface area contributed by atoms with Gasteiger partial charge in [0.05, 0.1) is 6.20 Å². The van der Waals surface area contributed by atoms with Gasteiger partial charge in [-0.2, -0.15) is 0 Å². The standard InChI is InChI=1S/C15H18N6O2/c22-14(17-8-6-12-3-1-2-7-16-12)10-21-9-13(19-20-21)18-15(23)11-4-5-11/h1-3,7,9,11H,4-6,8,10H2,(H,17,22)(H,18,23). The van der Waals surface area contributed by atoms with E-state index in [1.165, 1.54) is 4.68 Å². The lowest BCUT2D eigenvalue weighted by Gasteiger charge is -2.04. The third-order valence-electron chi connectivity index (χ3n) is 3.47. The first kappa shape index (κ1) is 15.1. The maximum absolute atomic E-state index is 11.8. The lowest BCUT2D eigenvalue weighted by molar-refractivity contribution is -0.121. The summed E-state index contributed by atoms with van der Waals surface area (Å²) in [7, 11) is 0. The van der Waals surface area contributed by atoms with Gasteiger partial charge in [0.15, 0.2) is 5.82 Å². The second kappa shape index (κ2) is 6.99. The van der Waals surface area contributed by atoms with E-state index in [1.807, 2.05) is 18.2 Å². The third kappa shape index (κ3) is 4.60. The Balaban J connectivity index is 1.41. The van der Waals surface area contributed by atoms with Crippen LogP contribution in [-0.2, 0) is 22.6 Å². The summed E-state index contributed by atoms with van der Waals surface area (Å²) >= 11 is 0. The number of hydrogen-bond acceptors (Lipinski definition) is 5. The molecule has 1 aliphatic rings. The Hall–Kier alpha value is -2.77. The Labute approximate surface area is 133 Å². The van der Waals surface area contributed by atoms with Gasteiger partial charge in [-0.1, -0.05) is 11.3 Å². The van der Waals surface area contributed by atoms with Crippen molar-refractivity contribution in [2.24, 2.45) is 5.92 Å². The highest BCUT2D eigenvalue weighted by Gasteiger charge is 2.30. The molecular formula is C15H18N6O2. The summed E-state index contributed by atoms with van der Waals surface area (Å²) in [5.41, 5.74) is 0.929. The van der Waals surface area contributed by atoms with Gasteiger partial charge in [-0.15, -0.1) is 5.10 Å². The topological polar surface area (TPSA) is 102 Å². The van der Waals surface area contributed by atoms with Gasteiger partial charge < -0.3 is 10.6 Å². The summed E-state index contributed by atoms with van der Waals surface area (Å²) in [5.74, 6) is 0.293. The van der Waals surface area contributed by atoms with E-state index < -0.39 is 0 Å². The highest BCUT2D eigenvalue weighted by Crippen LogP contribution is 2.29. The zero-order valence-electron chi connectivity index (χ0n) is 12.6. The molecule has 0 spiro atoms. The van der Waals surface area contributed by atoms with Crippen molar-refractivity contribution in [2.75, 3.05) is 11.9 Å². The van der Waals surface area contributed by atoms with Gasteiger partial charge in [0.2, 0.25) is 11.8 Å². The molecule has 0 aromatic carbocycles. The van der Waals surface area contributed by atoms with Gasteiger partial charge >= 0.3 is 0 Å². The lowest BCUT2D eigenvalue weighted by Crippen LogP contribution is -2.29. The predicted molar refractivity (Wildman–Crippen MR) is 82.3 cm³/mol. The van der Waals surface area contributed by atoms with Crippen LogP contribution in [0.5, 0.6) is 0 Å². The highest BCUT2D eigenvalue weighted by atomic mass is 16.2. The number of nitrogens with zero attached hydrogens (tertiary/aromatic N) is 4. The van der Waals surface area contributed by atoms with Crippen molar-refractivity contribution in [3.8, 4) is 0 Å². The lowest BCUT2D eigenvalue weighted by atomic mass is 10.3. The zero-order valence-corrected chi connectivity index (χ0v) is 12.6. The van der Waals surface area contributed by atoms with Crippen LogP contribution < -0.4 is 10.6 Å². The molecule has 2 aromatic heterocycles. The predicted octanol–water partition coefficient (Wildman–Crippen LogP) is 0.380. The van der Waals surface area contributed by atoms with Crippen molar-refractivity contribution in [1.82, 2.24) is 25.3 Å². The number of hydrogen-bond donors (Lipinski definition) is 2. The molecule has 3 rings (SSSR count). The smallest absolute Gasteiger partial charge is 0.241 e. The number of amides is 2. The fraction of sp³-hybridized carbons (Fsp3) is 0.400. The SMILES string of the molecule is O=C(Cn1cc(NC(=O)C2CC2)nn1)NCCc1ccccn1. The zero-order chi connectivity index (χ0) is 16.1. The molecule has 120 valence electrons. The average Bonchev–Trinajstić information content (AvgIpc) is 3.31. The molecule has 2 aromatic rings. The number of pyridine rings is 1. The maximum Gasteiger partial charge on any atom is 0.241 e. The van der Waals surface area contributed by atoms with E-state index in [2.05, 4.69) is 25.9 Å². The van der Waals surface area contributed by atoms with E-state index >= 15 is 0 Å². The van der Waals surface area contributed by atoms with Crippen LogP contribution in [-0.4, -0.2) is 38.3 Å². The van der Waals surface area contributed by atoms with Gasteiger partial charge in [0.1, 0.15) is 6.54 Å². The number of rotatable bonds is 7. The maximum atomic E-state index is 11.8. The average molecular weight is 314 g/mol. The van der Waals surface area contributed by atoms with Gasteiger partial charge in [-0.3, -0.25) is 14.6 Å². The van der Waals surface area contributed by atoms with Crippen molar-refractivity contribution < 1.29 is 9.59 Å². The molecule has 2 amide bonds. The summed E-state index contributed by atoms with van der Waals surface area (Å²) in [4.78, 5) is 27.6. The highest BCUT2D eigenvalue weighted by molar-refractivity contribution is 5.93. The van der Waals surface area contributed by atoms with Crippen LogP contribution in [0.3, 0.4) is 0 Å². The summed E-state index contributed by atoms with van der Waals surface area (Å²) < 4.78 is 1.40. The largest absolute Gasteiger partial charge is 0.354 e. The molecule has 1 aliphatic carbocycles. The van der Waals surface area contributed by atoms with Gasteiger partial charge in [0, 0.05) is 30.8 Å². The first-order valence-electron chi connectivity index (χ1n) is 7.58. The first-order valence-corrected chi connectivity index (χ1v) is 7.58. The molecule has 8 heteroatoms. The minimum atomic E-state index is -0.161. The van der Waals surface area contributed by atoms with Gasteiger partial charge in [-0.05, 0) is 25.0 Å². The van der Waals surface area contributed by atoms with E-state index in [9.17, 15) is 9.59 Å². The fourth-order valence-electron chi connectivity index (χ4n) is 2.09. The molecule has 0 aliphatic heterocycles. The Morgan fingerprint density at radius 1 is 1.30 bits per heavy atom. The van der Waals surface area contributed by atoms with Crippen LogP contribution in [0.4, 0.5) is 5.82 Å². The summed E-state index contributed by atoms with van der Waals surface area (Å²) in [6, 6.07) is 5.68.